The van der Waals surface area contributed by atoms with E-state index in [1.165, 1.54) is 5.69 Å². The summed E-state index contributed by atoms with van der Waals surface area (Å²) in [6.07, 6.45) is 2.47. The highest BCUT2D eigenvalue weighted by atomic mass is 16.5. The number of hydrogen-bond donors (Lipinski definition) is 1. The molecule has 1 heterocycles. The Balaban J connectivity index is 1.49. The quantitative estimate of drug-likeness (QED) is 0.861. The molecule has 1 N–H and O–H groups in total. The first-order valence-corrected chi connectivity index (χ1v) is 9.02. The zero-order valence-electron chi connectivity index (χ0n) is 15.4. The summed E-state index contributed by atoms with van der Waals surface area (Å²) >= 11 is 0. The molecule has 0 unspecified atom stereocenters. The van der Waals surface area contributed by atoms with Gasteiger partial charge in [0.25, 0.3) is 5.91 Å². The normalized spacial score (nSPS) is 14.9. The summed E-state index contributed by atoms with van der Waals surface area (Å²) in [4.78, 5) is 14.4. The standard InChI is InChI=1S/C21H26N2O3/c1-16-5-3-4-6-20(16)26-15-21(24)22-17-7-9-18(10-8-17)23-13-11-19(25-2)12-14-23/h3-10,19H,11-15H2,1-2H3,(H,22,24). The number of rotatable bonds is 6. The number of benzene rings is 2. The number of para-hydroxylation sites is 1. The maximum Gasteiger partial charge on any atom is 0.262 e. The van der Waals surface area contributed by atoms with Gasteiger partial charge in [-0.2, -0.15) is 0 Å². The summed E-state index contributed by atoms with van der Waals surface area (Å²) in [5.41, 5.74) is 2.97. The molecule has 0 saturated carbocycles. The van der Waals surface area contributed by atoms with E-state index in [2.05, 4.69) is 10.2 Å². The Bertz CT molecular complexity index is 722. The van der Waals surface area contributed by atoms with Crippen LogP contribution < -0.4 is 15.0 Å². The lowest BCUT2D eigenvalue weighted by Crippen LogP contribution is -2.36. The molecule has 2 aromatic carbocycles. The van der Waals surface area contributed by atoms with Crippen molar-refractivity contribution in [3.8, 4) is 5.75 Å². The van der Waals surface area contributed by atoms with Gasteiger partial charge in [-0.3, -0.25) is 4.79 Å². The zero-order chi connectivity index (χ0) is 18.4. The number of anilines is 2. The number of carbonyl (C=O) groups excluding carboxylic acids is 1. The summed E-state index contributed by atoms with van der Waals surface area (Å²) in [5, 5.41) is 2.88. The van der Waals surface area contributed by atoms with Crippen LogP contribution in [0.3, 0.4) is 0 Å². The van der Waals surface area contributed by atoms with E-state index in [0.29, 0.717) is 6.10 Å². The first-order chi connectivity index (χ1) is 12.7. The van der Waals surface area contributed by atoms with Crippen molar-refractivity contribution < 1.29 is 14.3 Å². The van der Waals surface area contributed by atoms with Crippen LogP contribution in [0.2, 0.25) is 0 Å². The van der Waals surface area contributed by atoms with E-state index < -0.39 is 0 Å². The molecule has 5 nitrogen and oxygen atoms in total. The van der Waals surface area contributed by atoms with Crippen LogP contribution in [0.25, 0.3) is 0 Å². The molecular weight excluding hydrogens is 328 g/mol. The van der Waals surface area contributed by atoms with Gasteiger partial charge in [0.1, 0.15) is 5.75 Å². The van der Waals surface area contributed by atoms with Crippen molar-refractivity contribution in [1.29, 1.82) is 0 Å². The third kappa shape index (κ3) is 4.76. The highest BCUT2D eigenvalue weighted by molar-refractivity contribution is 5.92. The second-order valence-electron chi connectivity index (χ2n) is 6.57. The average molecular weight is 354 g/mol. The lowest BCUT2D eigenvalue weighted by molar-refractivity contribution is -0.118. The van der Waals surface area contributed by atoms with Crippen LogP contribution in [0.5, 0.6) is 5.75 Å². The van der Waals surface area contributed by atoms with Crippen LogP contribution in [-0.4, -0.2) is 38.8 Å². The first kappa shape index (κ1) is 18.3. The topological polar surface area (TPSA) is 50.8 Å². The number of ether oxygens (including phenoxy) is 2. The minimum absolute atomic E-state index is 0.00284. The maximum atomic E-state index is 12.1. The number of carbonyl (C=O) groups is 1. The third-order valence-corrected chi connectivity index (χ3v) is 4.74. The SMILES string of the molecule is COC1CCN(c2ccc(NC(=O)COc3ccccc3C)cc2)CC1. The summed E-state index contributed by atoms with van der Waals surface area (Å²) in [6, 6.07) is 15.6. The molecule has 1 amide bonds. The van der Waals surface area contributed by atoms with Crippen LogP contribution in [0, 0.1) is 6.92 Å². The van der Waals surface area contributed by atoms with Crippen LogP contribution in [0.1, 0.15) is 18.4 Å². The maximum absolute atomic E-state index is 12.1. The fraction of sp³-hybridized carbons (Fsp3) is 0.381. The Morgan fingerprint density at radius 2 is 1.81 bits per heavy atom. The molecule has 1 fully saturated rings. The fourth-order valence-corrected chi connectivity index (χ4v) is 3.16. The van der Waals surface area contributed by atoms with Crippen LogP contribution in [0.15, 0.2) is 48.5 Å². The van der Waals surface area contributed by atoms with Crippen molar-refractivity contribution in [1.82, 2.24) is 0 Å². The highest BCUT2D eigenvalue weighted by Gasteiger charge is 2.18. The predicted octanol–water partition coefficient (Wildman–Crippen LogP) is 3.63. The lowest BCUT2D eigenvalue weighted by atomic mass is 10.1. The van der Waals surface area contributed by atoms with E-state index in [9.17, 15) is 4.79 Å². The molecule has 0 aliphatic carbocycles. The summed E-state index contributed by atoms with van der Waals surface area (Å²) in [5.74, 6) is 0.569. The van der Waals surface area contributed by atoms with Gasteiger partial charge in [-0.25, -0.2) is 0 Å². The third-order valence-electron chi connectivity index (χ3n) is 4.74. The molecule has 5 heteroatoms. The monoisotopic (exact) mass is 354 g/mol. The van der Waals surface area contributed by atoms with Crippen molar-refractivity contribution in [3.05, 3.63) is 54.1 Å². The molecule has 1 aliphatic rings. The van der Waals surface area contributed by atoms with Crippen LogP contribution >= 0.6 is 0 Å². The molecule has 1 saturated heterocycles. The number of methoxy groups -OCH3 is 1. The van der Waals surface area contributed by atoms with E-state index in [-0.39, 0.29) is 12.5 Å². The Kier molecular flexibility index (Phi) is 6.12. The summed E-state index contributed by atoms with van der Waals surface area (Å²) in [6.45, 7) is 3.95. The summed E-state index contributed by atoms with van der Waals surface area (Å²) < 4.78 is 11.0. The van der Waals surface area contributed by atoms with Crippen molar-refractivity contribution >= 4 is 17.3 Å². The van der Waals surface area contributed by atoms with Gasteiger partial charge >= 0.3 is 0 Å². The first-order valence-electron chi connectivity index (χ1n) is 9.02. The largest absolute Gasteiger partial charge is 0.483 e. The molecule has 0 radical (unpaired) electrons. The molecule has 138 valence electrons. The predicted molar refractivity (Wildman–Crippen MR) is 104 cm³/mol. The molecule has 1 aliphatic heterocycles. The Hall–Kier alpha value is -2.53. The van der Waals surface area contributed by atoms with Crippen molar-refractivity contribution in [3.63, 3.8) is 0 Å². The summed E-state index contributed by atoms with van der Waals surface area (Å²) in [7, 11) is 1.78. The number of nitrogens with one attached hydrogen (secondary N) is 1. The van der Waals surface area contributed by atoms with Gasteiger partial charge in [-0.05, 0) is 55.7 Å². The second kappa shape index (κ2) is 8.72. The van der Waals surface area contributed by atoms with Gasteiger partial charge in [0.2, 0.25) is 0 Å². The van der Waals surface area contributed by atoms with E-state index in [1.54, 1.807) is 7.11 Å². The lowest BCUT2D eigenvalue weighted by Gasteiger charge is -2.33. The number of nitrogens with zero attached hydrogens (tertiary/aromatic N) is 1. The van der Waals surface area contributed by atoms with Gasteiger partial charge in [-0.1, -0.05) is 18.2 Å². The molecule has 0 atom stereocenters. The Labute approximate surface area is 154 Å². The number of aryl methyl sites for hydroxylation is 1. The fourth-order valence-electron chi connectivity index (χ4n) is 3.16. The van der Waals surface area contributed by atoms with Gasteiger partial charge in [0.15, 0.2) is 6.61 Å². The Morgan fingerprint density at radius 1 is 1.12 bits per heavy atom. The molecule has 2 aromatic rings. The van der Waals surface area contributed by atoms with E-state index in [1.807, 2.05) is 55.5 Å². The number of hydrogen-bond acceptors (Lipinski definition) is 4. The van der Waals surface area contributed by atoms with Crippen molar-refractivity contribution in [2.75, 3.05) is 37.0 Å². The minimum Gasteiger partial charge on any atom is -0.483 e. The van der Waals surface area contributed by atoms with Gasteiger partial charge < -0.3 is 19.7 Å². The molecule has 0 bridgehead atoms. The minimum atomic E-state index is -0.165. The molecular formula is C21H26N2O3. The van der Waals surface area contributed by atoms with Gasteiger partial charge in [0.05, 0.1) is 6.10 Å². The smallest absolute Gasteiger partial charge is 0.262 e. The van der Waals surface area contributed by atoms with Crippen LogP contribution in [0.4, 0.5) is 11.4 Å². The molecule has 26 heavy (non-hydrogen) atoms. The van der Waals surface area contributed by atoms with Crippen LogP contribution in [-0.2, 0) is 9.53 Å². The molecule has 0 spiro atoms. The number of amides is 1. The molecule has 0 aromatic heterocycles. The Morgan fingerprint density at radius 3 is 2.46 bits per heavy atom. The zero-order valence-corrected chi connectivity index (χ0v) is 15.4. The van der Waals surface area contributed by atoms with E-state index in [0.717, 1.165) is 42.9 Å². The van der Waals surface area contributed by atoms with Crippen molar-refractivity contribution in [2.45, 2.75) is 25.9 Å². The molecule has 3 rings (SSSR count). The van der Waals surface area contributed by atoms with E-state index >= 15 is 0 Å². The second-order valence-corrected chi connectivity index (χ2v) is 6.57. The van der Waals surface area contributed by atoms with E-state index in [4.69, 9.17) is 9.47 Å². The van der Waals surface area contributed by atoms with Gasteiger partial charge in [0, 0.05) is 31.6 Å². The highest BCUT2D eigenvalue weighted by Crippen LogP contribution is 2.23. The van der Waals surface area contributed by atoms with Crippen molar-refractivity contribution in [2.24, 2.45) is 0 Å². The average Bonchev–Trinajstić information content (AvgIpc) is 2.68. The number of piperidine rings is 1. The van der Waals surface area contributed by atoms with Gasteiger partial charge in [-0.15, -0.1) is 0 Å².